The predicted molar refractivity (Wildman–Crippen MR) is 393 cm³/mol. The molecule has 0 spiro atoms. The first kappa shape index (κ1) is 108. The fourth-order valence-corrected chi connectivity index (χ4v) is 16.3. The summed E-state index contributed by atoms with van der Waals surface area (Å²) in [4.78, 5) is 119. The molecule has 0 saturated carbocycles. The lowest BCUT2D eigenvalue weighted by Crippen LogP contribution is -2.73. The Morgan fingerprint density at radius 1 is 0.333 bits per heavy atom. The lowest BCUT2D eigenvalue weighted by molar-refractivity contribution is -0.405. The largest absolute Gasteiger partial charge is 0.477 e. The second-order valence-corrected chi connectivity index (χ2v) is 31.8. The van der Waals surface area contributed by atoms with E-state index in [4.69, 9.17) is 71.1 Å². The summed E-state index contributed by atoms with van der Waals surface area (Å²) < 4.78 is 87.3. The summed E-state index contributed by atoms with van der Waals surface area (Å²) in [6, 6.07) is -10.7. The third-order valence-corrected chi connectivity index (χ3v) is 22.7. The Kier molecular flexibility index (Phi) is 37.9. The fourth-order valence-electron chi connectivity index (χ4n) is 16.3. The predicted octanol–water partition coefficient (Wildman–Crippen LogP) is -21.9. The second kappa shape index (κ2) is 45.3. The summed E-state index contributed by atoms with van der Waals surface area (Å²) >= 11 is 0. The molecule has 0 bridgehead atoms. The number of aliphatic carboxylic acids is 4. The molecule has 0 unspecified atom stereocenters. The Balaban J connectivity index is 1.20. The molecule has 0 aromatic rings. The standard InChI is InChI=1S/C70H113N5O54/c1-18(85)71-35-22(89)5-67(63(107)108,124-53(35)40(96)26(93)9-76)122-30(13-80)44(100)55-37(73-20(3)87)23(90)6-68(126-55,64(109)110)123-31(14-81)45(101)56-38(75-34(95)17-84)25(92)8-70(127-56,66(113)114)129-58-49(105)62(119-50-32(15-82)115-59(106)47(103)46(50)102)118-33(16-83)51(58)120-60-39(74-21(4)88)52(42(98)28(11-78)116-60)121-61-48(104)57(43(99)29(12-79)117-61)128-69(65(111)112)7-24(91)36(72-19(2)86)54(125-69)41(97)27(94)10-77/h22-33,35-62,76-84,89-94,96-106H,5-17H2,1-4H3,(H,71,85)(H,72,86)(H,73,87)(H,74,88)(H,75,95)(H,107,108)(H,109,110)(H,111,112)(H,113,114)/t22-,23-,24-,25-,26+,27+,28+,29+,30+,31+,32+,33+,35+,36+,37+,38+,39+,40+,41+,42-,43-,44+,45+,46+,47+,48+,49+,50+,51-,52+,53+,54+,55+,56+,57-,58+,59+,60-,61-,62-,67+,68+,69-,70-/m0/s1. The molecule has 59 nitrogen and oxygen atoms in total. The maximum Gasteiger partial charge on any atom is 0.364 e. The van der Waals surface area contributed by atoms with Crippen molar-refractivity contribution in [3.05, 3.63) is 0 Å². The molecule has 742 valence electrons. The van der Waals surface area contributed by atoms with Gasteiger partial charge in [-0.2, -0.15) is 0 Å². The highest BCUT2D eigenvalue weighted by Gasteiger charge is 2.67. The lowest BCUT2D eigenvalue weighted by atomic mass is 9.86. The van der Waals surface area contributed by atoms with Gasteiger partial charge in [-0.1, -0.05) is 0 Å². The van der Waals surface area contributed by atoms with Gasteiger partial charge in [-0.3, -0.25) is 24.0 Å². The van der Waals surface area contributed by atoms with Gasteiger partial charge in [0.1, 0.15) is 177 Å². The molecule has 0 aromatic heterocycles. The van der Waals surface area contributed by atoms with Crippen molar-refractivity contribution in [3.63, 3.8) is 0 Å². The third kappa shape index (κ3) is 23.6. The molecular formula is C70H113N5O54. The van der Waals surface area contributed by atoms with Crippen LogP contribution in [0.3, 0.4) is 0 Å². The van der Waals surface area contributed by atoms with Gasteiger partial charge in [0.25, 0.3) is 23.1 Å². The molecule has 8 aliphatic rings. The molecule has 8 heterocycles. The van der Waals surface area contributed by atoms with Crippen LogP contribution in [0.5, 0.6) is 0 Å². The average Bonchev–Trinajstić information content (AvgIpc) is 0.747. The van der Waals surface area contributed by atoms with E-state index in [0.717, 1.165) is 27.7 Å². The summed E-state index contributed by atoms with van der Waals surface area (Å²) in [6.07, 6.45) is -93.3. The number of aliphatic hydroxyl groups is 26. The van der Waals surface area contributed by atoms with Gasteiger partial charge in [0.15, 0.2) is 25.2 Å². The van der Waals surface area contributed by atoms with Crippen LogP contribution in [-0.2, 0) is 114 Å². The topological polar surface area (TPSA) is 959 Å². The third-order valence-electron chi connectivity index (χ3n) is 22.7. The minimum absolute atomic E-state index is 0.764. The Morgan fingerprint density at radius 3 is 1.01 bits per heavy atom. The SMILES string of the molecule is CC(=O)N[C@H]1[C@H](O[C@@H]2[C@H](O[C@]3(C(=O)O)C[C@H](O)[C@@H](NC(=O)CO)[C@H]([C@H](O)[C@@H](CO)O[C@]4(C(=O)O)C[C@H](O)[C@@H](NC(C)=O)[C@H]([C@H](O)[C@@H](CO)O[C@]5(C(=O)O)C[C@H](O)[C@@H](NC(C)=O)[C@H]([C@H](O)[C@H](O)CO)O5)O4)O3)[C@@H](O)[C@H](O[C@H]3[C@H](O)[C@@H](O)[C@H](O)O[C@@H]3CO)O[C@@H]2CO)O[C@H](CO)[C@H](O)[C@@H]1O[C@@H]1O[C@H](CO)[C@H](O)[C@H](O[C@]2(C(=O)O)C[C@H](O)[C@@H](NC(C)=O)[C@H]([C@H](O)[C@H](O)CO)O2)[C@H]1O. The van der Waals surface area contributed by atoms with Crippen molar-refractivity contribution in [1.82, 2.24) is 26.6 Å². The minimum Gasteiger partial charge on any atom is -0.477 e. The number of rotatable bonds is 40. The van der Waals surface area contributed by atoms with Crippen LogP contribution in [0.1, 0.15) is 53.4 Å². The normalized spacial score (nSPS) is 42.3. The average molecular weight is 1890 g/mol. The molecule has 129 heavy (non-hydrogen) atoms. The number of carbonyl (C=O) groups excluding carboxylic acids is 5. The summed E-state index contributed by atoms with van der Waals surface area (Å²) in [5.74, 6) is -30.0. The number of nitrogens with one attached hydrogen (secondary N) is 5. The Morgan fingerprint density at radius 2 is 0.643 bits per heavy atom. The molecule has 5 amide bonds. The highest BCUT2D eigenvalue weighted by atomic mass is 16.8. The van der Waals surface area contributed by atoms with Crippen molar-refractivity contribution in [3.8, 4) is 0 Å². The molecule has 0 radical (unpaired) electrons. The number of hydrogen-bond acceptors (Lipinski definition) is 50. The van der Waals surface area contributed by atoms with E-state index < -0.39 is 406 Å². The smallest absolute Gasteiger partial charge is 0.364 e. The first-order valence-electron chi connectivity index (χ1n) is 39.8. The van der Waals surface area contributed by atoms with E-state index in [9.17, 15) is 196 Å². The van der Waals surface area contributed by atoms with Crippen molar-refractivity contribution < 1.29 is 267 Å². The highest BCUT2D eigenvalue weighted by Crippen LogP contribution is 2.46. The fraction of sp³-hybridized carbons (Fsp3) is 0.871. The van der Waals surface area contributed by atoms with Crippen molar-refractivity contribution in [2.45, 2.75) is 321 Å². The highest BCUT2D eigenvalue weighted by molar-refractivity contribution is 5.80. The zero-order valence-electron chi connectivity index (χ0n) is 68.5. The van der Waals surface area contributed by atoms with E-state index in [1.54, 1.807) is 0 Å². The Bertz CT molecular complexity index is 3740. The zero-order chi connectivity index (χ0) is 96.6. The number of carboxylic acid groups (broad SMARTS) is 4. The van der Waals surface area contributed by atoms with Crippen LogP contribution in [0.25, 0.3) is 0 Å². The number of amides is 5. The number of ether oxygens (including phenoxy) is 15. The van der Waals surface area contributed by atoms with E-state index in [1.807, 2.05) is 5.32 Å². The van der Waals surface area contributed by atoms with Crippen LogP contribution < -0.4 is 26.6 Å². The van der Waals surface area contributed by atoms with Crippen LogP contribution in [0.15, 0.2) is 0 Å². The quantitative estimate of drug-likeness (QED) is 0.0271. The summed E-state index contributed by atoms with van der Waals surface area (Å²) in [7, 11) is 0. The van der Waals surface area contributed by atoms with Gasteiger partial charge in [-0.15, -0.1) is 0 Å². The Labute approximate surface area is 726 Å². The first-order valence-corrected chi connectivity index (χ1v) is 39.8. The summed E-state index contributed by atoms with van der Waals surface area (Å²) in [5, 5.41) is 346. The maximum absolute atomic E-state index is 14.5. The minimum atomic E-state index is -3.95. The molecular weight excluding hydrogens is 1770 g/mol. The number of carbonyl (C=O) groups is 9. The molecule has 8 fully saturated rings. The lowest BCUT2D eigenvalue weighted by Gasteiger charge is -2.53. The maximum atomic E-state index is 14.5. The zero-order valence-corrected chi connectivity index (χ0v) is 68.5. The number of aliphatic hydroxyl groups excluding tert-OH is 26. The van der Waals surface area contributed by atoms with Crippen LogP contribution >= 0.6 is 0 Å². The molecule has 0 aromatic carbocycles. The van der Waals surface area contributed by atoms with Crippen LogP contribution in [-0.4, -0.2) is 534 Å². The van der Waals surface area contributed by atoms with Crippen LogP contribution in [0.2, 0.25) is 0 Å². The van der Waals surface area contributed by atoms with E-state index in [-0.39, 0.29) is 0 Å². The number of carboxylic acids is 4. The Hall–Kier alpha value is -6.41. The molecule has 8 aliphatic heterocycles. The molecule has 0 aliphatic carbocycles. The van der Waals surface area contributed by atoms with Crippen LogP contribution in [0.4, 0.5) is 0 Å². The monoisotopic (exact) mass is 1890 g/mol. The van der Waals surface area contributed by atoms with Gasteiger partial charge >= 0.3 is 23.9 Å². The second-order valence-electron chi connectivity index (χ2n) is 31.8. The van der Waals surface area contributed by atoms with Crippen molar-refractivity contribution in [2.24, 2.45) is 0 Å². The van der Waals surface area contributed by atoms with Crippen molar-refractivity contribution in [1.29, 1.82) is 0 Å². The molecule has 59 heteroatoms. The van der Waals surface area contributed by atoms with Gasteiger partial charge in [-0.05, 0) is 0 Å². The first-order chi connectivity index (χ1) is 60.4. The van der Waals surface area contributed by atoms with Gasteiger partial charge < -0.3 is 251 Å². The molecule has 8 saturated heterocycles. The molecule has 35 N–H and O–H groups in total. The van der Waals surface area contributed by atoms with Crippen molar-refractivity contribution >= 4 is 53.4 Å². The molecule has 44 atom stereocenters. The van der Waals surface area contributed by atoms with Crippen molar-refractivity contribution in [2.75, 3.05) is 59.5 Å². The summed E-state index contributed by atoms with van der Waals surface area (Å²) in [6.45, 7) is -9.79. The van der Waals surface area contributed by atoms with Gasteiger partial charge in [0.2, 0.25) is 29.5 Å². The van der Waals surface area contributed by atoms with E-state index >= 15 is 0 Å². The summed E-state index contributed by atoms with van der Waals surface area (Å²) in [5.41, 5.74) is 0. The van der Waals surface area contributed by atoms with E-state index in [0.29, 0.717) is 0 Å². The van der Waals surface area contributed by atoms with Gasteiger partial charge in [-0.25, -0.2) is 19.2 Å². The van der Waals surface area contributed by atoms with Crippen LogP contribution in [0, 0.1) is 0 Å². The van der Waals surface area contributed by atoms with Gasteiger partial charge in [0.05, 0.1) is 101 Å². The number of hydrogen-bond donors (Lipinski definition) is 35. The molecule has 8 rings (SSSR count). The van der Waals surface area contributed by atoms with E-state index in [1.165, 1.54) is 0 Å². The van der Waals surface area contributed by atoms with E-state index in [2.05, 4.69) is 21.3 Å². The van der Waals surface area contributed by atoms with Gasteiger partial charge in [0, 0.05) is 53.4 Å².